The third-order valence-electron chi connectivity index (χ3n) is 4.65. The molecule has 0 aromatic carbocycles. The smallest absolute Gasteiger partial charge is 0.0589 e. The van der Waals surface area contributed by atoms with E-state index >= 15 is 0 Å². The summed E-state index contributed by atoms with van der Waals surface area (Å²) in [4.78, 5) is 2.57. The van der Waals surface area contributed by atoms with Gasteiger partial charge in [-0.3, -0.25) is 4.90 Å². The van der Waals surface area contributed by atoms with Crippen molar-refractivity contribution < 1.29 is 9.47 Å². The van der Waals surface area contributed by atoms with Crippen LogP contribution in [0, 0.1) is 11.8 Å². The number of methoxy groups -OCH3 is 2. The molecule has 1 fully saturated rings. The molecule has 120 valence electrons. The number of nitrogens with two attached hydrogens (primary N) is 1. The summed E-state index contributed by atoms with van der Waals surface area (Å²) < 4.78 is 10.5. The average Bonchev–Trinajstić information content (AvgIpc) is 2.41. The number of rotatable bonds is 9. The summed E-state index contributed by atoms with van der Waals surface area (Å²) >= 11 is 0. The van der Waals surface area contributed by atoms with Gasteiger partial charge in [-0.05, 0) is 37.5 Å². The third kappa shape index (κ3) is 4.99. The van der Waals surface area contributed by atoms with Gasteiger partial charge in [0.25, 0.3) is 0 Å². The van der Waals surface area contributed by atoms with E-state index in [9.17, 15) is 0 Å². The van der Waals surface area contributed by atoms with Gasteiger partial charge in [-0.15, -0.1) is 0 Å². The molecule has 0 spiro atoms. The van der Waals surface area contributed by atoms with Crippen LogP contribution >= 0.6 is 0 Å². The quantitative estimate of drug-likeness (QED) is 0.660. The van der Waals surface area contributed by atoms with E-state index in [4.69, 9.17) is 15.2 Å². The van der Waals surface area contributed by atoms with Gasteiger partial charge in [0.2, 0.25) is 0 Å². The highest BCUT2D eigenvalue weighted by Gasteiger charge is 2.41. The molecular weight excluding hydrogens is 252 g/mol. The van der Waals surface area contributed by atoms with E-state index < -0.39 is 0 Å². The van der Waals surface area contributed by atoms with Gasteiger partial charge in [-0.2, -0.15) is 0 Å². The topological polar surface area (TPSA) is 47.7 Å². The maximum absolute atomic E-state index is 6.23. The van der Waals surface area contributed by atoms with E-state index in [1.54, 1.807) is 14.2 Å². The molecule has 1 aliphatic carbocycles. The fourth-order valence-corrected chi connectivity index (χ4v) is 3.98. The molecule has 1 aliphatic rings. The van der Waals surface area contributed by atoms with Crippen molar-refractivity contribution in [2.45, 2.75) is 45.1 Å². The predicted octanol–water partition coefficient (Wildman–Crippen LogP) is 2.12. The van der Waals surface area contributed by atoms with Crippen LogP contribution in [0.5, 0.6) is 0 Å². The van der Waals surface area contributed by atoms with Crippen LogP contribution in [-0.2, 0) is 9.47 Å². The van der Waals surface area contributed by atoms with Crippen molar-refractivity contribution in [2.75, 3.05) is 47.1 Å². The monoisotopic (exact) mass is 286 g/mol. The molecule has 0 bridgehead atoms. The van der Waals surface area contributed by atoms with Crippen molar-refractivity contribution in [3.63, 3.8) is 0 Å². The molecule has 1 saturated carbocycles. The first-order valence-electron chi connectivity index (χ1n) is 8.01. The van der Waals surface area contributed by atoms with Crippen LogP contribution in [-0.4, -0.2) is 57.5 Å². The zero-order valence-electron chi connectivity index (χ0n) is 13.9. The first-order valence-corrected chi connectivity index (χ1v) is 8.01. The molecule has 0 aromatic heterocycles. The molecule has 0 heterocycles. The van der Waals surface area contributed by atoms with Gasteiger partial charge in [-0.1, -0.05) is 13.8 Å². The lowest BCUT2D eigenvalue weighted by atomic mass is 9.70. The highest BCUT2D eigenvalue weighted by Crippen LogP contribution is 2.39. The van der Waals surface area contributed by atoms with Crippen LogP contribution in [0.3, 0.4) is 0 Å². The molecule has 0 aliphatic heterocycles. The normalized spacial score (nSPS) is 30.9. The summed E-state index contributed by atoms with van der Waals surface area (Å²) in [5.41, 5.74) is 6.38. The second-order valence-electron chi connectivity index (χ2n) is 6.61. The van der Waals surface area contributed by atoms with Crippen LogP contribution in [0.2, 0.25) is 0 Å². The van der Waals surface area contributed by atoms with E-state index in [1.165, 1.54) is 19.3 Å². The van der Waals surface area contributed by atoms with Gasteiger partial charge in [0.05, 0.1) is 6.61 Å². The van der Waals surface area contributed by atoms with E-state index in [2.05, 4.69) is 18.7 Å². The van der Waals surface area contributed by atoms with Gasteiger partial charge in [0.15, 0.2) is 0 Å². The Bertz CT molecular complexity index is 251. The van der Waals surface area contributed by atoms with E-state index in [1.807, 2.05) is 0 Å². The standard InChI is InChI=1S/C16H34N2O2/c1-14-10-15(2)12-16(11-14,13-17)18(7-9-20-4)6-5-8-19-3/h14-15H,5-13,17H2,1-4H3. The van der Waals surface area contributed by atoms with Gasteiger partial charge in [-0.25, -0.2) is 0 Å². The predicted molar refractivity (Wildman–Crippen MR) is 83.9 cm³/mol. The third-order valence-corrected chi connectivity index (χ3v) is 4.65. The fourth-order valence-electron chi connectivity index (χ4n) is 3.98. The first-order chi connectivity index (χ1) is 9.57. The largest absolute Gasteiger partial charge is 0.385 e. The van der Waals surface area contributed by atoms with Crippen LogP contribution in [0.1, 0.15) is 39.5 Å². The fraction of sp³-hybridized carbons (Fsp3) is 1.00. The van der Waals surface area contributed by atoms with Gasteiger partial charge in [0, 0.05) is 46.0 Å². The maximum Gasteiger partial charge on any atom is 0.0589 e. The summed E-state index contributed by atoms with van der Waals surface area (Å²) in [6.45, 7) is 9.09. The Kier molecular flexibility index (Phi) is 8.03. The van der Waals surface area contributed by atoms with Crippen LogP contribution in [0.4, 0.5) is 0 Å². The lowest BCUT2D eigenvalue weighted by Crippen LogP contribution is -2.58. The van der Waals surface area contributed by atoms with E-state index in [-0.39, 0.29) is 5.54 Å². The van der Waals surface area contributed by atoms with Gasteiger partial charge >= 0.3 is 0 Å². The van der Waals surface area contributed by atoms with E-state index in [0.717, 1.165) is 51.1 Å². The molecule has 4 nitrogen and oxygen atoms in total. The SMILES string of the molecule is COCCCN(CCOC)C1(CN)CC(C)CC(C)C1. The summed E-state index contributed by atoms with van der Waals surface area (Å²) in [5, 5.41) is 0. The maximum atomic E-state index is 6.23. The molecule has 2 unspecified atom stereocenters. The molecule has 2 atom stereocenters. The summed E-state index contributed by atoms with van der Waals surface area (Å²) in [7, 11) is 3.54. The van der Waals surface area contributed by atoms with Crippen molar-refractivity contribution in [2.24, 2.45) is 17.6 Å². The molecule has 0 aromatic rings. The Hall–Kier alpha value is -0.160. The average molecular weight is 286 g/mol. The van der Waals surface area contributed by atoms with Gasteiger partial charge < -0.3 is 15.2 Å². The summed E-state index contributed by atoms with van der Waals surface area (Å²) in [5.74, 6) is 1.52. The minimum atomic E-state index is 0.156. The second kappa shape index (κ2) is 8.98. The zero-order valence-corrected chi connectivity index (χ0v) is 13.9. The molecule has 0 saturated heterocycles. The Morgan fingerprint density at radius 2 is 1.65 bits per heavy atom. The lowest BCUT2D eigenvalue weighted by molar-refractivity contribution is -0.000532. The van der Waals surface area contributed by atoms with Gasteiger partial charge in [0.1, 0.15) is 0 Å². The molecule has 20 heavy (non-hydrogen) atoms. The van der Waals surface area contributed by atoms with Crippen molar-refractivity contribution >= 4 is 0 Å². The lowest BCUT2D eigenvalue weighted by Gasteiger charge is -2.50. The Balaban J connectivity index is 2.75. The Labute approximate surface area is 125 Å². The molecule has 0 radical (unpaired) electrons. The van der Waals surface area contributed by atoms with Crippen molar-refractivity contribution in [3.8, 4) is 0 Å². The van der Waals surface area contributed by atoms with Crippen LogP contribution in [0.15, 0.2) is 0 Å². The summed E-state index contributed by atoms with van der Waals surface area (Å²) in [6, 6.07) is 0. The highest BCUT2D eigenvalue weighted by molar-refractivity contribution is 4.97. The molecule has 4 heteroatoms. The molecular formula is C16H34N2O2. The highest BCUT2D eigenvalue weighted by atomic mass is 16.5. The minimum Gasteiger partial charge on any atom is -0.385 e. The Morgan fingerprint density at radius 1 is 1.05 bits per heavy atom. The number of ether oxygens (including phenoxy) is 2. The summed E-state index contributed by atoms with van der Waals surface area (Å²) in [6.07, 6.45) is 4.82. The molecule has 1 rings (SSSR count). The van der Waals surface area contributed by atoms with Crippen LogP contribution < -0.4 is 5.73 Å². The zero-order chi connectivity index (χ0) is 15.0. The first kappa shape index (κ1) is 17.9. The van der Waals surface area contributed by atoms with Crippen molar-refractivity contribution in [1.82, 2.24) is 4.90 Å². The minimum absolute atomic E-state index is 0.156. The van der Waals surface area contributed by atoms with Crippen molar-refractivity contribution in [3.05, 3.63) is 0 Å². The van der Waals surface area contributed by atoms with Crippen molar-refractivity contribution in [1.29, 1.82) is 0 Å². The Morgan fingerprint density at radius 3 is 2.15 bits per heavy atom. The van der Waals surface area contributed by atoms with E-state index in [0.29, 0.717) is 0 Å². The molecule has 2 N–H and O–H groups in total. The number of nitrogens with zero attached hydrogens (tertiary/aromatic N) is 1. The number of hydrogen-bond donors (Lipinski definition) is 1. The molecule has 0 amide bonds. The second-order valence-corrected chi connectivity index (χ2v) is 6.61. The number of hydrogen-bond acceptors (Lipinski definition) is 4. The van der Waals surface area contributed by atoms with Crippen LogP contribution in [0.25, 0.3) is 0 Å².